The molecule has 0 amide bonds. The van der Waals surface area contributed by atoms with Crippen LogP contribution >= 0.6 is 0 Å². The molecule has 0 saturated heterocycles. The number of carbonyl (C=O) groups excluding carboxylic acids is 1. The zero-order chi connectivity index (χ0) is 16.5. The molecular formula is C22H16O2. The molecule has 4 aromatic carbocycles. The number of hydrogen-bond donors (Lipinski definition) is 0. The summed E-state index contributed by atoms with van der Waals surface area (Å²) in [6.45, 7) is 1.41. The highest BCUT2D eigenvalue weighted by atomic mass is 16.5. The molecule has 0 spiro atoms. The molecule has 0 N–H and O–H groups in total. The van der Waals surface area contributed by atoms with Crippen molar-refractivity contribution in [2.24, 2.45) is 0 Å². The number of benzene rings is 4. The van der Waals surface area contributed by atoms with Crippen molar-refractivity contribution in [3.8, 4) is 16.9 Å². The summed E-state index contributed by atoms with van der Waals surface area (Å²) >= 11 is 0. The van der Waals surface area contributed by atoms with E-state index in [1.54, 1.807) is 0 Å². The Bertz CT molecular complexity index is 1050. The van der Waals surface area contributed by atoms with Gasteiger partial charge in [-0.25, -0.2) is 0 Å². The molecule has 0 heterocycles. The number of esters is 1. The second-order valence-corrected chi connectivity index (χ2v) is 5.81. The van der Waals surface area contributed by atoms with Crippen LogP contribution in [0.5, 0.6) is 5.75 Å². The van der Waals surface area contributed by atoms with Gasteiger partial charge in [0.1, 0.15) is 5.75 Å². The Balaban J connectivity index is 1.93. The second-order valence-electron chi connectivity index (χ2n) is 5.81. The van der Waals surface area contributed by atoms with Gasteiger partial charge in [-0.05, 0) is 50.9 Å². The number of carbonyl (C=O) groups is 1. The minimum Gasteiger partial charge on any atom is -0.427 e. The van der Waals surface area contributed by atoms with E-state index in [1.807, 2.05) is 24.3 Å². The number of hydrogen-bond acceptors (Lipinski definition) is 2. The third-order valence-electron chi connectivity index (χ3n) is 4.19. The zero-order valence-corrected chi connectivity index (χ0v) is 13.3. The average molecular weight is 312 g/mol. The van der Waals surface area contributed by atoms with Gasteiger partial charge in [0.2, 0.25) is 0 Å². The third kappa shape index (κ3) is 2.52. The first-order valence-corrected chi connectivity index (χ1v) is 7.92. The predicted molar refractivity (Wildman–Crippen MR) is 98.2 cm³/mol. The summed E-state index contributed by atoms with van der Waals surface area (Å²) in [6, 6.07) is 26.8. The Hall–Kier alpha value is -3.13. The topological polar surface area (TPSA) is 26.3 Å². The molecule has 0 aliphatic rings. The smallest absolute Gasteiger partial charge is 0.308 e. The first kappa shape index (κ1) is 14.5. The van der Waals surface area contributed by atoms with Crippen LogP contribution in [0.1, 0.15) is 6.92 Å². The van der Waals surface area contributed by atoms with E-state index in [9.17, 15) is 4.79 Å². The van der Waals surface area contributed by atoms with E-state index in [4.69, 9.17) is 4.74 Å². The molecule has 0 atom stereocenters. The fourth-order valence-corrected chi connectivity index (χ4v) is 3.16. The van der Waals surface area contributed by atoms with Gasteiger partial charge in [0.25, 0.3) is 0 Å². The molecule has 0 aliphatic carbocycles. The zero-order valence-electron chi connectivity index (χ0n) is 13.3. The molecule has 4 aromatic rings. The molecule has 116 valence electrons. The lowest BCUT2D eigenvalue weighted by molar-refractivity contribution is -0.131. The lowest BCUT2D eigenvalue weighted by atomic mass is 9.93. The molecule has 0 aromatic heterocycles. The van der Waals surface area contributed by atoms with E-state index in [2.05, 4.69) is 54.6 Å². The van der Waals surface area contributed by atoms with Crippen molar-refractivity contribution in [2.75, 3.05) is 0 Å². The Morgan fingerprint density at radius 2 is 1.38 bits per heavy atom. The molecule has 0 fully saturated rings. The summed E-state index contributed by atoms with van der Waals surface area (Å²) in [7, 11) is 0. The quantitative estimate of drug-likeness (QED) is 0.274. The van der Waals surface area contributed by atoms with Gasteiger partial charge in [0, 0.05) is 6.92 Å². The Kier molecular flexibility index (Phi) is 3.51. The minimum absolute atomic E-state index is 0.307. The lowest BCUT2D eigenvalue weighted by Crippen LogP contribution is -2.00. The summed E-state index contributed by atoms with van der Waals surface area (Å²) in [4.78, 5) is 11.1. The van der Waals surface area contributed by atoms with E-state index in [-0.39, 0.29) is 5.97 Å². The van der Waals surface area contributed by atoms with Gasteiger partial charge >= 0.3 is 5.97 Å². The summed E-state index contributed by atoms with van der Waals surface area (Å²) < 4.78 is 5.12. The average Bonchev–Trinajstić information content (AvgIpc) is 2.61. The summed E-state index contributed by atoms with van der Waals surface area (Å²) in [5.41, 5.74) is 2.28. The largest absolute Gasteiger partial charge is 0.427 e. The van der Waals surface area contributed by atoms with Crippen LogP contribution in [0, 0.1) is 0 Å². The van der Waals surface area contributed by atoms with Gasteiger partial charge < -0.3 is 4.74 Å². The van der Waals surface area contributed by atoms with Crippen LogP contribution in [-0.4, -0.2) is 5.97 Å². The Morgan fingerprint density at radius 1 is 0.750 bits per heavy atom. The summed E-state index contributed by atoms with van der Waals surface area (Å²) in [5, 5.41) is 4.94. The standard InChI is InChI=1S/C22H16O2/c1-15(23)24-18-12-10-16(11-13-18)22-14-17-6-2-3-7-19(17)20-8-4-5-9-21(20)22/h2-14H,1H3. The predicted octanol–water partition coefficient (Wildman–Crippen LogP) is 5.59. The van der Waals surface area contributed by atoms with Crippen molar-refractivity contribution in [3.63, 3.8) is 0 Å². The van der Waals surface area contributed by atoms with Crippen molar-refractivity contribution in [1.82, 2.24) is 0 Å². The molecule has 24 heavy (non-hydrogen) atoms. The molecule has 0 aliphatic heterocycles. The van der Waals surface area contributed by atoms with Crippen LogP contribution in [-0.2, 0) is 4.79 Å². The molecule has 0 saturated carbocycles. The fraction of sp³-hybridized carbons (Fsp3) is 0.0455. The van der Waals surface area contributed by atoms with E-state index < -0.39 is 0 Å². The van der Waals surface area contributed by atoms with Crippen molar-refractivity contribution >= 4 is 27.5 Å². The first-order chi connectivity index (χ1) is 11.7. The molecule has 2 heteroatoms. The van der Waals surface area contributed by atoms with E-state index in [0.29, 0.717) is 5.75 Å². The van der Waals surface area contributed by atoms with Gasteiger partial charge in [-0.3, -0.25) is 4.79 Å². The second kappa shape index (κ2) is 5.82. The van der Waals surface area contributed by atoms with Gasteiger partial charge in [0.15, 0.2) is 0 Å². The SMILES string of the molecule is CC(=O)Oc1ccc(-c2cc3ccccc3c3ccccc23)cc1. The normalized spacial score (nSPS) is 10.9. The van der Waals surface area contributed by atoms with Crippen LogP contribution < -0.4 is 4.74 Å². The van der Waals surface area contributed by atoms with Crippen molar-refractivity contribution < 1.29 is 9.53 Å². The maximum absolute atomic E-state index is 11.1. The highest BCUT2D eigenvalue weighted by Crippen LogP contribution is 2.35. The maximum Gasteiger partial charge on any atom is 0.308 e. The minimum atomic E-state index is -0.307. The van der Waals surface area contributed by atoms with Crippen LogP contribution in [0.15, 0.2) is 78.9 Å². The molecule has 4 rings (SSSR count). The van der Waals surface area contributed by atoms with E-state index >= 15 is 0 Å². The maximum atomic E-state index is 11.1. The first-order valence-electron chi connectivity index (χ1n) is 7.92. The van der Waals surface area contributed by atoms with Crippen LogP contribution in [0.4, 0.5) is 0 Å². The van der Waals surface area contributed by atoms with Gasteiger partial charge in [-0.15, -0.1) is 0 Å². The fourth-order valence-electron chi connectivity index (χ4n) is 3.16. The molecular weight excluding hydrogens is 296 g/mol. The number of ether oxygens (including phenoxy) is 1. The van der Waals surface area contributed by atoms with E-state index in [0.717, 1.165) is 5.56 Å². The number of rotatable bonds is 2. The Morgan fingerprint density at radius 3 is 2.08 bits per heavy atom. The van der Waals surface area contributed by atoms with Gasteiger partial charge in [-0.2, -0.15) is 0 Å². The van der Waals surface area contributed by atoms with E-state index in [1.165, 1.54) is 34.0 Å². The number of fused-ring (bicyclic) bond motifs is 3. The monoisotopic (exact) mass is 312 g/mol. The summed E-state index contributed by atoms with van der Waals surface area (Å²) in [6.07, 6.45) is 0. The third-order valence-corrected chi connectivity index (χ3v) is 4.19. The molecule has 0 bridgehead atoms. The molecule has 0 unspecified atom stereocenters. The highest BCUT2D eigenvalue weighted by molar-refractivity contribution is 6.13. The van der Waals surface area contributed by atoms with Crippen molar-refractivity contribution in [1.29, 1.82) is 0 Å². The highest BCUT2D eigenvalue weighted by Gasteiger charge is 2.08. The van der Waals surface area contributed by atoms with Crippen LogP contribution in [0.2, 0.25) is 0 Å². The van der Waals surface area contributed by atoms with Crippen LogP contribution in [0.25, 0.3) is 32.7 Å². The lowest BCUT2D eigenvalue weighted by Gasteiger charge is -2.11. The Labute approximate surface area is 140 Å². The van der Waals surface area contributed by atoms with Crippen molar-refractivity contribution in [2.45, 2.75) is 6.92 Å². The van der Waals surface area contributed by atoms with Crippen molar-refractivity contribution in [3.05, 3.63) is 78.9 Å². The van der Waals surface area contributed by atoms with Gasteiger partial charge in [-0.1, -0.05) is 60.7 Å². The molecule has 0 radical (unpaired) electrons. The van der Waals surface area contributed by atoms with Gasteiger partial charge in [0.05, 0.1) is 0 Å². The molecule has 2 nitrogen and oxygen atoms in total. The summed E-state index contributed by atoms with van der Waals surface area (Å²) in [5.74, 6) is 0.259. The van der Waals surface area contributed by atoms with Crippen LogP contribution in [0.3, 0.4) is 0 Å².